The van der Waals surface area contributed by atoms with Gasteiger partial charge in [0.05, 0.1) is 6.10 Å². The summed E-state index contributed by atoms with van der Waals surface area (Å²) < 4.78 is 7.98. The average molecular weight is 384 g/mol. The van der Waals surface area contributed by atoms with Gasteiger partial charge in [-0.3, -0.25) is 0 Å². The molecule has 2 aromatic carbocycles. The van der Waals surface area contributed by atoms with Crippen molar-refractivity contribution >= 4 is 31.9 Å². The topological polar surface area (TPSA) is 29.5 Å². The summed E-state index contributed by atoms with van der Waals surface area (Å²) in [6.45, 7) is 0. The molecule has 98 valence electrons. The Labute approximate surface area is 128 Å². The van der Waals surface area contributed by atoms with Gasteiger partial charge in [0.15, 0.2) is 0 Å². The molecule has 0 bridgehead atoms. The van der Waals surface area contributed by atoms with E-state index in [9.17, 15) is 5.11 Å². The Kier molecular flexibility index (Phi) is 3.65. The lowest BCUT2D eigenvalue weighted by Gasteiger charge is -2.30. The minimum atomic E-state index is -0.485. The van der Waals surface area contributed by atoms with Crippen LogP contribution in [0.3, 0.4) is 0 Å². The molecule has 2 nitrogen and oxygen atoms in total. The van der Waals surface area contributed by atoms with E-state index in [4.69, 9.17) is 4.74 Å². The van der Waals surface area contributed by atoms with Crippen LogP contribution >= 0.6 is 31.9 Å². The Bertz CT molecular complexity index is 613. The van der Waals surface area contributed by atoms with Crippen LogP contribution in [0.5, 0.6) is 5.75 Å². The lowest BCUT2D eigenvalue weighted by atomic mass is 9.95. The summed E-state index contributed by atoms with van der Waals surface area (Å²) >= 11 is 6.89. The van der Waals surface area contributed by atoms with Gasteiger partial charge in [0, 0.05) is 20.9 Å². The van der Waals surface area contributed by atoms with Gasteiger partial charge in [-0.15, -0.1) is 0 Å². The van der Waals surface area contributed by atoms with Crippen LogP contribution in [0.25, 0.3) is 0 Å². The molecule has 0 radical (unpaired) electrons. The Balaban J connectivity index is 1.96. The summed E-state index contributed by atoms with van der Waals surface area (Å²) in [7, 11) is 0. The Morgan fingerprint density at radius 2 is 1.84 bits per heavy atom. The first-order valence-corrected chi connectivity index (χ1v) is 7.62. The van der Waals surface area contributed by atoms with Gasteiger partial charge in [-0.05, 0) is 29.8 Å². The quantitative estimate of drug-likeness (QED) is 0.768. The largest absolute Gasteiger partial charge is 0.485 e. The number of aliphatic hydroxyl groups excluding tert-OH is 1. The fraction of sp³-hybridized carbons (Fsp3) is 0.200. The highest BCUT2D eigenvalue weighted by molar-refractivity contribution is 9.10. The predicted octanol–water partition coefficient (Wildman–Crippen LogP) is 4.77. The molecule has 2 aromatic rings. The third-order valence-electron chi connectivity index (χ3n) is 3.26. The van der Waals surface area contributed by atoms with Gasteiger partial charge in [-0.25, -0.2) is 0 Å². The summed E-state index contributed by atoms with van der Waals surface area (Å²) in [5.74, 6) is 0.748. The zero-order valence-electron chi connectivity index (χ0n) is 10.0. The Morgan fingerprint density at radius 3 is 2.63 bits per heavy atom. The van der Waals surface area contributed by atoms with E-state index in [1.54, 1.807) is 0 Å². The van der Waals surface area contributed by atoms with Crippen molar-refractivity contribution in [1.82, 2.24) is 0 Å². The van der Waals surface area contributed by atoms with Gasteiger partial charge in [-0.1, -0.05) is 50.1 Å². The molecule has 19 heavy (non-hydrogen) atoms. The maximum atomic E-state index is 10.2. The zero-order valence-corrected chi connectivity index (χ0v) is 13.2. The maximum absolute atomic E-state index is 10.2. The number of hydrogen-bond donors (Lipinski definition) is 1. The summed E-state index contributed by atoms with van der Waals surface area (Å²) in [5, 5.41) is 10.2. The number of benzene rings is 2. The van der Waals surface area contributed by atoms with Crippen LogP contribution < -0.4 is 4.74 Å². The van der Waals surface area contributed by atoms with E-state index in [0.29, 0.717) is 6.42 Å². The zero-order chi connectivity index (χ0) is 13.4. The summed E-state index contributed by atoms with van der Waals surface area (Å²) in [4.78, 5) is 0. The van der Waals surface area contributed by atoms with Gasteiger partial charge in [0.1, 0.15) is 11.9 Å². The minimum Gasteiger partial charge on any atom is -0.485 e. The first-order valence-electron chi connectivity index (χ1n) is 6.03. The van der Waals surface area contributed by atoms with Crippen molar-refractivity contribution in [3.8, 4) is 5.75 Å². The highest BCUT2D eigenvalue weighted by Crippen LogP contribution is 2.42. The summed E-state index contributed by atoms with van der Waals surface area (Å²) in [6, 6.07) is 13.7. The van der Waals surface area contributed by atoms with Crippen LogP contribution in [0.4, 0.5) is 0 Å². The van der Waals surface area contributed by atoms with Crippen molar-refractivity contribution in [2.45, 2.75) is 18.6 Å². The molecule has 0 spiro atoms. The van der Waals surface area contributed by atoms with E-state index >= 15 is 0 Å². The highest BCUT2D eigenvalue weighted by Gasteiger charge is 2.28. The van der Waals surface area contributed by atoms with Gasteiger partial charge in [-0.2, -0.15) is 0 Å². The number of hydrogen-bond acceptors (Lipinski definition) is 2. The molecule has 0 saturated heterocycles. The average Bonchev–Trinajstić information content (AvgIpc) is 2.38. The minimum absolute atomic E-state index is 0.116. The standard InChI is InChI=1S/C15H12Br2O2/c16-10-3-1-2-9(6-10)14-8-13(18)12-5-4-11(17)7-15(12)19-14/h1-7,13-14,18H,8H2. The van der Waals surface area contributed by atoms with E-state index in [-0.39, 0.29) is 6.10 Å². The molecule has 0 amide bonds. The van der Waals surface area contributed by atoms with E-state index in [1.807, 2.05) is 42.5 Å². The highest BCUT2D eigenvalue weighted by atomic mass is 79.9. The molecule has 0 fully saturated rings. The fourth-order valence-electron chi connectivity index (χ4n) is 2.33. The lowest BCUT2D eigenvalue weighted by Crippen LogP contribution is -2.19. The second-order valence-electron chi connectivity index (χ2n) is 4.60. The second kappa shape index (κ2) is 5.27. The first kappa shape index (κ1) is 13.2. The van der Waals surface area contributed by atoms with Crippen molar-refractivity contribution < 1.29 is 9.84 Å². The number of ether oxygens (including phenoxy) is 1. The van der Waals surface area contributed by atoms with Crippen molar-refractivity contribution in [3.05, 3.63) is 62.5 Å². The third kappa shape index (κ3) is 2.71. The summed E-state index contributed by atoms with van der Waals surface area (Å²) in [6.07, 6.45) is -0.0272. The van der Waals surface area contributed by atoms with Crippen LogP contribution in [0.15, 0.2) is 51.4 Å². The molecule has 1 aliphatic rings. The first-order chi connectivity index (χ1) is 9.13. The maximum Gasteiger partial charge on any atom is 0.127 e. The molecular formula is C15H12Br2O2. The summed E-state index contributed by atoms with van der Waals surface area (Å²) in [5.41, 5.74) is 1.92. The van der Waals surface area contributed by atoms with Crippen molar-refractivity contribution in [2.24, 2.45) is 0 Å². The molecule has 1 N–H and O–H groups in total. The molecule has 0 saturated carbocycles. The fourth-order valence-corrected chi connectivity index (χ4v) is 3.08. The molecule has 0 aliphatic carbocycles. The number of aliphatic hydroxyl groups is 1. The third-order valence-corrected chi connectivity index (χ3v) is 4.25. The van der Waals surface area contributed by atoms with Crippen LogP contribution in [0, 0.1) is 0 Å². The predicted molar refractivity (Wildman–Crippen MR) is 81.2 cm³/mol. The Morgan fingerprint density at radius 1 is 1.05 bits per heavy atom. The molecule has 2 atom stereocenters. The van der Waals surface area contributed by atoms with Crippen LogP contribution in [0.1, 0.15) is 29.8 Å². The number of fused-ring (bicyclic) bond motifs is 1. The van der Waals surface area contributed by atoms with Gasteiger partial charge in [0.2, 0.25) is 0 Å². The van der Waals surface area contributed by atoms with Crippen LogP contribution in [0.2, 0.25) is 0 Å². The van der Waals surface area contributed by atoms with E-state index in [0.717, 1.165) is 25.8 Å². The SMILES string of the molecule is OC1CC(c2cccc(Br)c2)Oc2cc(Br)ccc21. The Hall–Kier alpha value is -0.840. The normalized spacial score (nSPS) is 21.6. The molecule has 0 aromatic heterocycles. The molecular weight excluding hydrogens is 372 g/mol. The monoisotopic (exact) mass is 382 g/mol. The van der Waals surface area contributed by atoms with Gasteiger partial charge in [0.25, 0.3) is 0 Å². The van der Waals surface area contributed by atoms with Crippen LogP contribution in [-0.2, 0) is 0 Å². The molecule has 2 unspecified atom stereocenters. The molecule has 4 heteroatoms. The van der Waals surface area contributed by atoms with Crippen molar-refractivity contribution in [3.63, 3.8) is 0 Å². The smallest absolute Gasteiger partial charge is 0.127 e. The van der Waals surface area contributed by atoms with Crippen molar-refractivity contribution in [1.29, 1.82) is 0 Å². The van der Waals surface area contributed by atoms with Crippen molar-refractivity contribution in [2.75, 3.05) is 0 Å². The molecule has 1 heterocycles. The van der Waals surface area contributed by atoms with Gasteiger partial charge < -0.3 is 9.84 Å². The van der Waals surface area contributed by atoms with E-state index < -0.39 is 6.10 Å². The van der Waals surface area contributed by atoms with E-state index in [1.165, 1.54) is 0 Å². The molecule has 3 rings (SSSR count). The van der Waals surface area contributed by atoms with E-state index in [2.05, 4.69) is 31.9 Å². The number of halogens is 2. The molecule has 1 aliphatic heterocycles. The second-order valence-corrected chi connectivity index (χ2v) is 6.43. The van der Waals surface area contributed by atoms with Crippen LogP contribution in [-0.4, -0.2) is 5.11 Å². The number of rotatable bonds is 1. The lowest BCUT2D eigenvalue weighted by molar-refractivity contribution is 0.0656. The van der Waals surface area contributed by atoms with Gasteiger partial charge >= 0.3 is 0 Å².